The molecular weight excluding hydrogens is 318 g/mol. The Labute approximate surface area is 147 Å². The zero-order valence-electron chi connectivity index (χ0n) is 14.5. The number of benzene rings is 2. The molecule has 0 saturated carbocycles. The Morgan fingerprint density at radius 3 is 2.28 bits per heavy atom. The van der Waals surface area contributed by atoms with E-state index < -0.39 is 5.91 Å². The molecule has 6 heteroatoms. The summed E-state index contributed by atoms with van der Waals surface area (Å²) in [5, 5.41) is 2.82. The van der Waals surface area contributed by atoms with Crippen molar-refractivity contribution < 1.29 is 19.2 Å². The van der Waals surface area contributed by atoms with E-state index in [1.807, 2.05) is 38.2 Å². The molecule has 132 valence electrons. The maximum atomic E-state index is 12.1. The number of hydrogen-bond acceptors (Lipinski definition) is 3. The van der Waals surface area contributed by atoms with Crippen molar-refractivity contribution in [2.45, 2.75) is 13.5 Å². The molecule has 2 rings (SSSR count). The Balaban J connectivity index is 1.83. The molecule has 0 aromatic heterocycles. The van der Waals surface area contributed by atoms with Crippen LogP contribution in [0.1, 0.15) is 22.8 Å². The summed E-state index contributed by atoms with van der Waals surface area (Å²) in [6.45, 7) is 3.67. The van der Waals surface area contributed by atoms with Crippen LogP contribution in [-0.4, -0.2) is 32.0 Å². The van der Waals surface area contributed by atoms with Gasteiger partial charge in [0.25, 0.3) is 5.91 Å². The summed E-state index contributed by atoms with van der Waals surface area (Å²) in [7, 11) is 1.96. The van der Waals surface area contributed by atoms with Gasteiger partial charge in [-0.3, -0.25) is 9.59 Å². The first kappa shape index (κ1) is 18.5. The van der Waals surface area contributed by atoms with Gasteiger partial charge in [0.1, 0.15) is 12.3 Å². The highest BCUT2D eigenvalue weighted by Crippen LogP contribution is 2.11. The zero-order valence-corrected chi connectivity index (χ0v) is 14.5. The number of nitrogens with two attached hydrogens (primary N) is 1. The van der Waals surface area contributed by atoms with Crippen LogP contribution >= 0.6 is 0 Å². The topological polar surface area (TPSA) is 85.9 Å². The number of carbonyl (C=O) groups excluding carboxylic acids is 2. The van der Waals surface area contributed by atoms with E-state index in [1.165, 1.54) is 0 Å². The van der Waals surface area contributed by atoms with Crippen LogP contribution in [0.4, 0.5) is 5.69 Å². The summed E-state index contributed by atoms with van der Waals surface area (Å²) in [6.07, 6.45) is 0. The van der Waals surface area contributed by atoms with E-state index in [0.29, 0.717) is 24.4 Å². The number of ether oxygens (including phenoxy) is 1. The number of primary amides is 1. The van der Waals surface area contributed by atoms with Crippen molar-refractivity contribution in [3.8, 4) is 5.75 Å². The minimum Gasteiger partial charge on any atom is -0.494 e. The fraction of sp³-hybridized carbons (Fsp3) is 0.263. The number of likely N-dealkylation sites (N-methyl/N-ethyl adjacent to an activating group) is 1. The van der Waals surface area contributed by atoms with E-state index in [4.69, 9.17) is 10.5 Å². The van der Waals surface area contributed by atoms with Gasteiger partial charge in [0, 0.05) is 16.8 Å². The molecule has 0 aliphatic carbocycles. The zero-order chi connectivity index (χ0) is 18.2. The Kier molecular flexibility index (Phi) is 6.54. The SMILES string of the molecule is CCOc1ccc(C[NH+](C)CC(=O)Nc2ccc(C(N)=O)cc2)cc1. The van der Waals surface area contributed by atoms with Crippen LogP contribution in [-0.2, 0) is 11.3 Å². The lowest BCUT2D eigenvalue weighted by atomic mass is 10.2. The molecule has 0 bridgehead atoms. The van der Waals surface area contributed by atoms with Gasteiger partial charge < -0.3 is 20.7 Å². The lowest BCUT2D eigenvalue weighted by Gasteiger charge is -2.14. The van der Waals surface area contributed by atoms with Gasteiger partial charge in [-0.2, -0.15) is 0 Å². The predicted molar refractivity (Wildman–Crippen MR) is 96.7 cm³/mol. The molecule has 25 heavy (non-hydrogen) atoms. The third-order valence-electron chi connectivity index (χ3n) is 3.66. The maximum absolute atomic E-state index is 12.1. The molecule has 1 atom stereocenters. The lowest BCUT2D eigenvalue weighted by Crippen LogP contribution is -3.08. The Morgan fingerprint density at radius 1 is 1.08 bits per heavy atom. The third-order valence-corrected chi connectivity index (χ3v) is 3.66. The molecule has 2 amide bonds. The molecule has 1 unspecified atom stereocenters. The van der Waals surface area contributed by atoms with Gasteiger partial charge in [-0.25, -0.2) is 0 Å². The van der Waals surface area contributed by atoms with E-state index in [9.17, 15) is 9.59 Å². The molecule has 0 heterocycles. The molecule has 0 radical (unpaired) electrons. The highest BCUT2D eigenvalue weighted by Gasteiger charge is 2.11. The fourth-order valence-corrected chi connectivity index (χ4v) is 2.48. The normalized spacial score (nSPS) is 11.6. The van der Waals surface area contributed by atoms with Gasteiger partial charge in [0.05, 0.1) is 13.7 Å². The van der Waals surface area contributed by atoms with Gasteiger partial charge in [-0.05, 0) is 55.5 Å². The van der Waals surface area contributed by atoms with Crippen LogP contribution < -0.4 is 20.7 Å². The van der Waals surface area contributed by atoms with E-state index in [0.717, 1.165) is 22.8 Å². The minimum atomic E-state index is -0.489. The molecule has 0 aliphatic rings. The van der Waals surface area contributed by atoms with Gasteiger partial charge in [0.15, 0.2) is 6.54 Å². The number of nitrogens with one attached hydrogen (secondary N) is 2. The maximum Gasteiger partial charge on any atom is 0.279 e. The monoisotopic (exact) mass is 342 g/mol. The van der Waals surface area contributed by atoms with Gasteiger partial charge in [-0.15, -0.1) is 0 Å². The number of amides is 2. The van der Waals surface area contributed by atoms with Crippen LogP contribution in [0.5, 0.6) is 5.75 Å². The van der Waals surface area contributed by atoms with Crippen LogP contribution in [0.15, 0.2) is 48.5 Å². The summed E-state index contributed by atoms with van der Waals surface area (Å²) < 4.78 is 5.42. The molecule has 2 aromatic carbocycles. The molecule has 4 N–H and O–H groups in total. The molecule has 0 aliphatic heterocycles. The first-order valence-electron chi connectivity index (χ1n) is 8.20. The Bertz CT molecular complexity index is 712. The summed E-state index contributed by atoms with van der Waals surface area (Å²) in [4.78, 5) is 24.2. The minimum absolute atomic E-state index is 0.0877. The van der Waals surface area contributed by atoms with E-state index in [2.05, 4.69) is 5.32 Å². The van der Waals surface area contributed by atoms with Crippen molar-refractivity contribution in [2.75, 3.05) is 25.5 Å². The summed E-state index contributed by atoms with van der Waals surface area (Å²) >= 11 is 0. The second-order valence-corrected chi connectivity index (χ2v) is 5.88. The van der Waals surface area contributed by atoms with Crippen LogP contribution in [0.2, 0.25) is 0 Å². The largest absolute Gasteiger partial charge is 0.494 e. The van der Waals surface area contributed by atoms with Crippen LogP contribution in [0.25, 0.3) is 0 Å². The summed E-state index contributed by atoms with van der Waals surface area (Å²) in [5.74, 6) is 0.272. The van der Waals surface area contributed by atoms with Crippen molar-refractivity contribution >= 4 is 17.5 Å². The van der Waals surface area contributed by atoms with Crippen molar-refractivity contribution in [3.05, 3.63) is 59.7 Å². The fourth-order valence-electron chi connectivity index (χ4n) is 2.48. The number of carbonyl (C=O) groups is 2. The van der Waals surface area contributed by atoms with Gasteiger partial charge in [-0.1, -0.05) is 0 Å². The molecule has 6 nitrogen and oxygen atoms in total. The highest BCUT2D eigenvalue weighted by atomic mass is 16.5. The number of rotatable bonds is 8. The molecular formula is C19H24N3O3+. The second-order valence-electron chi connectivity index (χ2n) is 5.88. The first-order chi connectivity index (χ1) is 12.0. The number of hydrogen-bond donors (Lipinski definition) is 3. The quantitative estimate of drug-likeness (QED) is 0.664. The Hall–Kier alpha value is -2.86. The average Bonchev–Trinajstić information content (AvgIpc) is 2.57. The number of anilines is 1. The first-order valence-corrected chi connectivity index (χ1v) is 8.20. The smallest absolute Gasteiger partial charge is 0.279 e. The molecule has 2 aromatic rings. The van der Waals surface area contributed by atoms with Crippen molar-refractivity contribution in [1.82, 2.24) is 0 Å². The highest BCUT2D eigenvalue weighted by molar-refractivity contribution is 5.95. The second kappa shape index (κ2) is 8.84. The van der Waals surface area contributed by atoms with E-state index in [-0.39, 0.29) is 5.91 Å². The van der Waals surface area contributed by atoms with Gasteiger partial charge in [0.2, 0.25) is 5.91 Å². The van der Waals surface area contributed by atoms with E-state index >= 15 is 0 Å². The van der Waals surface area contributed by atoms with Gasteiger partial charge >= 0.3 is 0 Å². The van der Waals surface area contributed by atoms with Crippen LogP contribution in [0.3, 0.4) is 0 Å². The molecule has 0 spiro atoms. The van der Waals surface area contributed by atoms with Crippen LogP contribution in [0, 0.1) is 0 Å². The van der Waals surface area contributed by atoms with Crippen molar-refractivity contribution in [1.29, 1.82) is 0 Å². The van der Waals surface area contributed by atoms with Crippen molar-refractivity contribution in [3.63, 3.8) is 0 Å². The molecule has 0 saturated heterocycles. The Morgan fingerprint density at radius 2 is 1.72 bits per heavy atom. The van der Waals surface area contributed by atoms with E-state index in [1.54, 1.807) is 24.3 Å². The van der Waals surface area contributed by atoms with Crippen molar-refractivity contribution in [2.24, 2.45) is 5.73 Å². The standard InChI is InChI=1S/C19H23N3O3/c1-3-25-17-10-4-14(5-11-17)12-22(2)13-18(23)21-16-8-6-15(7-9-16)19(20)24/h4-11H,3,12-13H2,1-2H3,(H2,20,24)(H,21,23)/p+1. The number of quaternary nitrogens is 1. The lowest BCUT2D eigenvalue weighted by molar-refractivity contribution is -0.885. The average molecular weight is 342 g/mol. The molecule has 0 fully saturated rings. The predicted octanol–water partition coefficient (Wildman–Crippen LogP) is 0.838. The summed E-state index contributed by atoms with van der Waals surface area (Å²) in [5.41, 5.74) is 7.39. The summed E-state index contributed by atoms with van der Waals surface area (Å²) in [6, 6.07) is 14.4. The third kappa shape index (κ3) is 5.93.